The Hall–Kier alpha value is 0.880. The van der Waals surface area contributed by atoms with Gasteiger partial charge in [-0.3, -0.25) is 0 Å². The molecular weight excluding hydrogens is 216 g/mol. The minimum absolute atomic E-state index is 0. The Bertz CT molecular complexity index is 11.5. The summed E-state index contributed by atoms with van der Waals surface area (Å²) in [6.07, 6.45) is 0. The molecule has 0 bridgehead atoms. The summed E-state index contributed by atoms with van der Waals surface area (Å²) >= 11 is 0. The zero-order chi connectivity index (χ0) is 3.41. The van der Waals surface area contributed by atoms with E-state index < -0.39 is 0 Å². The van der Waals surface area contributed by atoms with Crippen molar-refractivity contribution >= 4 is 34.0 Å². The van der Waals surface area contributed by atoms with Gasteiger partial charge < -0.3 is 10.2 Å². The summed E-state index contributed by atoms with van der Waals surface area (Å²) in [6, 6.07) is 0. The molecule has 0 radical (unpaired) electrons. The molecule has 0 aliphatic carbocycles. The third kappa shape index (κ3) is 20.8. The highest BCUT2D eigenvalue weighted by molar-refractivity contribution is 8.93. The maximum absolute atomic E-state index is 7.62. The molecule has 6 heavy (non-hydrogen) atoms. The lowest BCUT2D eigenvalue weighted by Crippen LogP contribution is -1.85. The van der Waals surface area contributed by atoms with Crippen LogP contribution in [0.4, 0.5) is 0 Å². The predicted octanol–water partition coefficient (Wildman–Crippen LogP) is 0.127. The van der Waals surface area contributed by atoms with Crippen molar-refractivity contribution in [3.8, 4) is 0 Å². The van der Waals surface area contributed by atoms with Gasteiger partial charge in [-0.15, -0.1) is 34.0 Å². The third-order valence-corrected chi connectivity index (χ3v) is 0.1000. The Labute approximate surface area is 57.7 Å². The summed E-state index contributed by atoms with van der Waals surface area (Å²) in [5.41, 5.74) is 0. The first-order chi connectivity index (χ1) is 1.91. The molecule has 0 aromatic heterocycles. The molecule has 0 unspecified atom stereocenters. The largest absolute Gasteiger partial charge is 0.394 e. The van der Waals surface area contributed by atoms with Crippen molar-refractivity contribution in [1.29, 1.82) is 0 Å². The molecule has 0 aliphatic heterocycles. The lowest BCUT2D eigenvalue weighted by Gasteiger charge is -1.70. The first-order valence-corrected chi connectivity index (χ1v) is 1.13. The molecule has 42 valence electrons. The molecule has 0 aromatic rings. The average molecular weight is 224 g/mol. The van der Waals surface area contributed by atoms with Gasteiger partial charge in [-0.05, 0) is 0 Å². The van der Waals surface area contributed by atoms with E-state index in [1.165, 1.54) is 0 Å². The van der Waals surface area contributed by atoms with Gasteiger partial charge in [0.15, 0.2) is 0 Å². The molecule has 4 heteroatoms. The molecule has 0 saturated carbocycles. The quantitative estimate of drug-likeness (QED) is 0.664. The molecule has 0 aromatic carbocycles. The van der Waals surface area contributed by atoms with Gasteiger partial charge in [0.05, 0.1) is 13.2 Å². The van der Waals surface area contributed by atoms with Crippen molar-refractivity contribution in [1.82, 2.24) is 0 Å². The van der Waals surface area contributed by atoms with Crippen molar-refractivity contribution in [2.75, 3.05) is 13.2 Å². The summed E-state index contributed by atoms with van der Waals surface area (Å²) in [5.74, 6) is 0. The van der Waals surface area contributed by atoms with E-state index in [-0.39, 0.29) is 47.2 Å². The van der Waals surface area contributed by atoms with Crippen LogP contribution >= 0.6 is 34.0 Å². The van der Waals surface area contributed by atoms with Crippen LogP contribution in [0.5, 0.6) is 0 Å². The molecule has 0 amide bonds. The van der Waals surface area contributed by atoms with Gasteiger partial charge >= 0.3 is 0 Å². The van der Waals surface area contributed by atoms with Crippen molar-refractivity contribution < 1.29 is 10.2 Å². The predicted molar refractivity (Wildman–Crippen MR) is 34.8 cm³/mol. The Kier molecular flexibility index (Phi) is 44.5. The minimum atomic E-state index is -0.125. The summed E-state index contributed by atoms with van der Waals surface area (Å²) in [7, 11) is 0. The highest BCUT2D eigenvalue weighted by Gasteiger charge is 1.58. The van der Waals surface area contributed by atoms with Crippen molar-refractivity contribution in [2.24, 2.45) is 0 Å². The van der Waals surface area contributed by atoms with Crippen LogP contribution in [0, 0.1) is 0 Å². The molecule has 0 spiro atoms. The molecule has 0 heterocycles. The first kappa shape index (κ1) is 15.8. The van der Waals surface area contributed by atoms with Crippen molar-refractivity contribution in [3.05, 3.63) is 0 Å². The molecule has 0 saturated heterocycles. The fourth-order valence-corrected chi connectivity index (χ4v) is 0. The molecule has 2 N–H and O–H groups in total. The molecule has 0 fully saturated rings. The summed E-state index contributed by atoms with van der Waals surface area (Å²) in [4.78, 5) is 0. The van der Waals surface area contributed by atoms with E-state index in [2.05, 4.69) is 0 Å². The van der Waals surface area contributed by atoms with Crippen LogP contribution in [0.25, 0.3) is 0 Å². The fraction of sp³-hybridized carbons (Fsp3) is 1.00. The van der Waals surface area contributed by atoms with E-state index >= 15 is 0 Å². The Morgan fingerprint density at radius 3 is 1.00 bits per heavy atom. The minimum Gasteiger partial charge on any atom is -0.394 e. The SMILES string of the molecule is Br.Br.OCCO. The summed E-state index contributed by atoms with van der Waals surface area (Å²) < 4.78 is 0. The van der Waals surface area contributed by atoms with E-state index in [1.807, 2.05) is 0 Å². The van der Waals surface area contributed by atoms with E-state index in [4.69, 9.17) is 10.2 Å². The van der Waals surface area contributed by atoms with Crippen LogP contribution in [0.3, 0.4) is 0 Å². The molecule has 0 atom stereocenters. The Morgan fingerprint density at radius 2 is 1.00 bits per heavy atom. The molecule has 0 rings (SSSR count). The number of aliphatic hydroxyl groups is 2. The van der Waals surface area contributed by atoms with E-state index in [1.54, 1.807) is 0 Å². The van der Waals surface area contributed by atoms with Crippen LogP contribution < -0.4 is 0 Å². The lowest BCUT2D eigenvalue weighted by atomic mass is 10.8. The van der Waals surface area contributed by atoms with Gasteiger partial charge in [0.25, 0.3) is 0 Å². The third-order valence-electron chi connectivity index (χ3n) is 0.1000. The fourth-order valence-electron chi connectivity index (χ4n) is 0. The van der Waals surface area contributed by atoms with Crippen LogP contribution in [0.2, 0.25) is 0 Å². The monoisotopic (exact) mass is 222 g/mol. The first-order valence-electron chi connectivity index (χ1n) is 1.13. The van der Waals surface area contributed by atoms with Gasteiger partial charge in [-0.2, -0.15) is 0 Å². The highest BCUT2D eigenvalue weighted by atomic mass is 79.9. The molecular formula is C2H8Br2O2. The van der Waals surface area contributed by atoms with Crippen LogP contribution in [-0.2, 0) is 0 Å². The van der Waals surface area contributed by atoms with Gasteiger partial charge in [0, 0.05) is 0 Å². The molecule has 2 nitrogen and oxygen atoms in total. The lowest BCUT2D eigenvalue weighted by molar-refractivity contribution is 0.186. The number of aliphatic hydroxyl groups excluding tert-OH is 2. The second kappa shape index (κ2) is 16.9. The normalized spacial score (nSPS) is 5.00. The summed E-state index contributed by atoms with van der Waals surface area (Å²) in [5, 5.41) is 15.2. The van der Waals surface area contributed by atoms with Crippen LogP contribution in [0.15, 0.2) is 0 Å². The number of rotatable bonds is 1. The standard InChI is InChI=1S/C2H6O2.2BrH/c3-1-2-4;;/h3-4H,1-2H2;2*1H. The smallest absolute Gasteiger partial charge is 0.0662 e. The number of hydrogen-bond acceptors (Lipinski definition) is 2. The van der Waals surface area contributed by atoms with Gasteiger partial charge in [0.1, 0.15) is 0 Å². The average Bonchev–Trinajstić information content (AvgIpc) is 1.37. The zero-order valence-electron chi connectivity index (χ0n) is 3.13. The number of halogens is 2. The van der Waals surface area contributed by atoms with E-state index in [0.717, 1.165) is 0 Å². The van der Waals surface area contributed by atoms with Gasteiger partial charge in [0.2, 0.25) is 0 Å². The van der Waals surface area contributed by atoms with Gasteiger partial charge in [-0.1, -0.05) is 0 Å². The van der Waals surface area contributed by atoms with E-state index in [9.17, 15) is 0 Å². The zero-order valence-corrected chi connectivity index (χ0v) is 6.55. The van der Waals surface area contributed by atoms with Crippen LogP contribution in [0.1, 0.15) is 0 Å². The Morgan fingerprint density at radius 1 is 0.833 bits per heavy atom. The van der Waals surface area contributed by atoms with E-state index in [0.29, 0.717) is 0 Å². The maximum atomic E-state index is 7.62. The highest BCUT2D eigenvalue weighted by Crippen LogP contribution is 1.39. The topological polar surface area (TPSA) is 40.5 Å². The van der Waals surface area contributed by atoms with Crippen molar-refractivity contribution in [3.63, 3.8) is 0 Å². The molecule has 0 aliphatic rings. The van der Waals surface area contributed by atoms with Crippen molar-refractivity contribution in [2.45, 2.75) is 0 Å². The van der Waals surface area contributed by atoms with Gasteiger partial charge in [-0.25, -0.2) is 0 Å². The summed E-state index contributed by atoms with van der Waals surface area (Å²) in [6.45, 7) is -0.250. The second-order valence-corrected chi connectivity index (χ2v) is 0.447. The number of hydrogen-bond donors (Lipinski definition) is 2. The second-order valence-electron chi connectivity index (χ2n) is 0.447. The maximum Gasteiger partial charge on any atom is 0.0662 e. The Balaban J connectivity index is -0.0000000450. The van der Waals surface area contributed by atoms with Crippen LogP contribution in [-0.4, -0.2) is 23.4 Å².